The van der Waals surface area contributed by atoms with E-state index in [1.807, 2.05) is 24.3 Å². The van der Waals surface area contributed by atoms with Crippen LogP contribution in [0.4, 0.5) is 5.69 Å². The fraction of sp³-hybridized carbons (Fsp3) is 0.278. The van der Waals surface area contributed by atoms with Gasteiger partial charge in [0.1, 0.15) is 0 Å². The lowest BCUT2D eigenvalue weighted by molar-refractivity contribution is -0.131. The van der Waals surface area contributed by atoms with Gasteiger partial charge in [0.2, 0.25) is 5.91 Å². The van der Waals surface area contributed by atoms with E-state index in [4.69, 9.17) is 4.42 Å². The molecule has 1 atom stereocenters. The highest BCUT2D eigenvalue weighted by Gasteiger charge is 2.50. The maximum absolute atomic E-state index is 12.6. The number of benzene rings is 1. The minimum atomic E-state index is -0.770. The molecule has 1 saturated heterocycles. The fourth-order valence-electron chi connectivity index (χ4n) is 3.66. The number of fused-ring (bicyclic) bond motifs is 2. The third-order valence-electron chi connectivity index (χ3n) is 4.84. The van der Waals surface area contributed by atoms with Gasteiger partial charge in [-0.3, -0.25) is 14.4 Å². The van der Waals surface area contributed by atoms with E-state index in [-0.39, 0.29) is 18.2 Å². The minimum Gasteiger partial charge on any atom is -0.461 e. The molecule has 1 spiro atoms. The van der Waals surface area contributed by atoms with Crippen LogP contribution in [0.15, 0.2) is 47.1 Å². The van der Waals surface area contributed by atoms with Crippen molar-refractivity contribution in [2.45, 2.75) is 18.3 Å². The van der Waals surface area contributed by atoms with Gasteiger partial charge in [-0.05, 0) is 36.6 Å². The average Bonchev–Trinajstić information content (AvgIpc) is 3.23. The average molecular weight is 324 g/mol. The van der Waals surface area contributed by atoms with Crippen molar-refractivity contribution in [3.05, 3.63) is 54.0 Å². The summed E-state index contributed by atoms with van der Waals surface area (Å²) in [4.78, 5) is 38.9. The second-order valence-corrected chi connectivity index (χ2v) is 6.22. The molecule has 1 N–H and O–H groups in total. The number of nitrogens with one attached hydrogen (secondary N) is 1. The number of ketones is 1. The molecule has 122 valence electrons. The van der Waals surface area contributed by atoms with Gasteiger partial charge >= 0.3 is 0 Å². The number of rotatable bonds is 2. The van der Waals surface area contributed by atoms with E-state index in [9.17, 15) is 14.4 Å². The highest BCUT2D eigenvalue weighted by molar-refractivity contribution is 6.42. The predicted molar refractivity (Wildman–Crippen MR) is 85.6 cm³/mol. The molecular formula is C18H16N2O4. The van der Waals surface area contributed by atoms with Crippen LogP contribution in [-0.4, -0.2) is 35.6 Å². The van der Waals surface area contributed by atoms with E-state index in [0.717, 1.165) is 11.3 Å². The highest BCUT2D eigenvalue weighted by Crippen LogP contribution is 2.43. The van der Waals surface area contributed by atoms with E-state index < -0.39 is 17.1 Å². The van der Waals surface area contributed by atoms with E-state index >= 15 is 0 Å². The van der Waals surface area contributed by atoms with Gasteiger partial charge in [0, 0.05) is 18.8 Å². The second kappa shape index (κ2) is 5.33. The normalized spacial score (nSPS) is 22.3. The third kappa shape index (κ3) is 2.06. The first kappa shape index (κ1) is 14.7. The van der Waals surface area contributed by atoms with E-state index in [2.05, 4.69) is 5.32 Å². The van der Waals surface area contributed by atoms with Crippen molar-refractivity contribution in [2.75, 3.05) is 18.4 Å². The van der Waals surface area contributed by atoms with Gasteiger partial charge in [0.05, 0.1) is 11.7 Å². The van der Waals surface area contributed by atoms with Crippen molar-refractivity contribution in [3.63, 3.8) is 0 Å². The Labute approximate surface area is 138 Å². The lowest BCUT2D eigenvalue weighted by atomic mass is 9.75. The molecule has 2 amide bonds. The number of nitrogens with zero attached hydrogens (tertiary/aromatic N) is 1. The molecule has 2 aromatic rings. The molecule has 0 aliphatic carbocycles. The predicted octanol–water partition coefficient (Wildman–Crippen LogP) is 1.97. The molecule has 6 nitrogen and oxygen atoms in total. The van der Waals surface area contributed by atoms with Crippen molar-refractivity contribution in [2.24, 2.45) is 0 Å². The summed E-state index contributed by atoms with van der Waals surface area (Å²) in [5.41, 5.74) is 0.917. The van der Waals surface area contributed by atoms with Crippen molar-refractivity contribution in [3.8, 4) is 0 Å². The number of para-hydroxylation sites is 1. The summed E-state index contributed by atoms with van der Waals surface area (Å²) >= 11 is 0. The molecule has 24 heavy (non-hydrogen) atoms. The summed E-state index contributed by atoms with van der Waals surface area (Å²) in [5, 5.41) is 2.89. The number of carbonyl (C=O) groups is 3. The largest absolute Gasteiger partial charge is 0.461 e. The Morgan fingerprint density at radius 2 is 2.00 bits per heavy atom. The van der Waals surface area contributed by atoms with Crippen LogP contribution in [0.5, 0.6) is 0 Å². The Balaban J connectivity index is 1.64. The van der Waals surface area contributed by atoms with Gasteiger partial charge in [-0.1, -0.05) is 18.2 Å². The minimum absolute atomic E-state index is 0.0240. The topological polar surface area (TPSA) is 79.6 Å². The third-order valence-corrected chi connectivity index (χ3v) is 4.84. The van der Waals surface area contributed by atoms with Crippen LogP contribution in [0.2, 0.25) is 0 Å². The highest BCUT2D eigenvalue weighted by atomic mass is 16.3. The van der Waals surface area contributed by atoms with Crippen LogP contribution < -0.4 is 5.32 Å². The SMILES string of the molecule is O=C(C(=O)N1CCCC2(C1)C(=O)Nc1ccccc12)c1ccco1. The number of hydrogen-bond acceptors (Lipinski definition) is 4. The van der Waals surface area contributed by atoms with Gasteiger partial charge in [-0.2, -0.15) is 0 Å². The quantitative estimate of drug-likeness (QED) is 0.676. The standard InChI is InChI=1S/C18H16N2O4/c21-15(14-7-3-10-24-14)16(22)20-9-4-8-18(11-20)12-5-1-2-6-13(12)19-17(18)23/h1-3,5-7,10H,4,8-9,11H2,(H,19,23). The number of furan rings is 1. The lowest BCUT2D eigenvalue weighted by Crippen LogP contribution is -2.53. The number of piperidine rings is 1. The van der Waals surface area contributed by atoms with E-state index in [1.165, 1.54) is 17.2 Å². The van der Waals surface area contributed by atoms with Crippen LogP contribution in [0.3, 0.4) is 0 Å². The molecule has 6 heteroatoms. The van der Waals surface area contributed by atoms with E-state index in [1.54, 1.807) is 6.07 Å². The van der Waals surface area contributed by atoms with Gasteiger partial charge < -0.3 is 14.6 Å². The fourth-order valence-corrected chi connectivity index (χ4v) is 3.66. The number of carbonyl (C=O) groups excluding carboxylic acids is 3. The molecule has 1 fully saturated rings. The van der Waals surface area contributed by atoms with Crippen molar-refractivity contribution < 1.29 is 18.8 Å². The molecule has 2 aliphatic rings. The first-order chi connectivity index (χ1) is 11.6. The van der Waals surface area contributed by atoms with Crippen molar-refractivity contribution >= 4 is 23.3 Å². The van der Waals surface area contributed by atoms with Crippen LogP contribution in [0, 0.1) is 0 Å². The van der Waals surface area contributed by atoms with E-state index in [0.29, 0.717) is 19.4 Å². The number of amides is 2. The Hall–Kier alpha value is -2.89. The summed E-state index contributed by atoms with van der Waals surface area (Å²) < 4.78 is 5.03. The van der Waals surface area contributed by atoms with Gasteiger partial charge in [0.25, 0.3) is 11.7 Å². The van der Waals surface area contributed by atoms with Crippen LogP contribution >= 0.6 is 0 Å². The number of hydrogen-bond donors (Lipinski definition) is 1. The molecule has 1 unspecified atom stereocenters. The Kier molecular flexibility index (Phi) is 3.26. The molecule has 2 aliphatic heterocycles. The first-order valence-electron chi connectivity index (χ1n) is 7.90. The number of Topliss-reactive ketones (excluding diaryl/α,β-unsaturated/α-hetero) is 1. The van der Waals surface area contributed by atoms with Crippen LogP contribution in [-0.2, 0) is 15.0 Å². The Morgan fingerprint density at radius 3 is 2.79 bits per heavy atom. The van der Waals surface area contributed by atoms with Gasteiger partial charge in [-0.15, -0.1) is 0 Å². The smallest absolute Gasteiger partial charge is 0.298 e. The summed E-state index contributed by atoms with van der Waals surface area (Å²) in [6.45, 7) is 0.670. The molecular weight excluding hydrogens is 308 g/mol. The van der Waals surface area contributed by atoms with Gasteiger partial charge in [-0.25, -0.2) is 0 Å². The monoisotopic (exact) mass is 324 g/mol. The molecule has 1 aromatic heterocycles. The maximum atomic E-state index is 12.6. The van der Waals surface area contributed by atoms with Crippen molar-refractivity contribution in [1.29, 1.82) is 0 Å². The molecule has 1 aromatic carbocycles. The zero-order chi connectivity index (χ0) is 16.7. The molecule has 0 bridgehead atoms. The summed E-state index contributed by atoms with van der Waals surface area (Å²) in [6, 6.07) is 10.6. The van der Waals surface area contributed by atoms with Gasteiger partial charge in [0.15, 0.2) is 5.76 Å². The van der Waals surface area contributed by atoms with Crippen LogP contribution in [0.25, 0.3) is 0 Å². The summed E-state index contributed by atoms with van der Waals surface area (Å²) in [6.07, 6.45) is 2.69. The van der Waals surface area contributed by atoms with Crippen molar-refractivity contribution in [1.82, 2.24) is 4.90 Å². The Bertz CT molecular complexity index is 827. The maximum Gasteiger partial charge on any atom is 0.298 e. The summed E-state index contributed by atoms with van der Waals surface area (Å²) in [5.74, 6) is -1.38. The second-order valence-electron chi connectivity index (χ2n) is 6.22. The molecule has 0 saturated carbocycles. The molecule has 4 rings (SSSR count). The number of anilines is 1. The zero-order valence-electron chi connectivity index (χ0n) is 13.0. The first-order valence-corrected chi connectivity index (χ1v) is 7.90. The van der Waals surface area contributed by atoms with Crippen LogP contribution in [0.1, 0.15) is 29.0 Å². The zero-order valence-corrected chi connectivity index (χ0v) is 13.0. The molecule has 0 radical (unpaired) electrons. The lowest BCUT2D eigenvalue weighted by Gasteiger charge is -2.38. The Morgan fingerprint density at radius 1 is 1.17 bits per heavy atom. The molecule has 3 heterocycles. The summed E-state index contributed by atoms with van der Waals surface area (Å²) in [7, 11) is 0. The number of likely N-dealkylation sites (tertiary alicyclic amines) is 1.